The number of nitrogens with zero attached hydrogens (tertiary/aromatic N) is 2. The number of hydrogen-bond acceptors (Lipinski definition) is 5. The maximum Gasteiger partial charge on any atom is 0.269 e. The van der Waals surface area contributed by atoms with E-state index in [9.17, 15) is 24.5 Å². The second-order valence-electron chi connectivity index (χ2n) is 5.55. The van der Waals surface area contributed by atoms with Gasteiger partial charge in [-0.15, -0.1) is 0 Å². The number of piperidine rings is 1. The summed E-state index contributed by atoms with van der Waals surface area (Å²) >= 11 is 0. The summed E-state index contributed by atoms with van der Waals surface area (Å²) in [6.07, 6.45) is 1.37. The number of hydrazine groups is 1. The molecule has 0 bridgehead atoms. The van der Waals surface area contributed by atoms with Crippen LogP contribution in [0.3, 0.4) is 0 Å². The normalized spacial score (nSPS) is 17.0. The van der Waals surface area contributed by atoms with Crippen molar-refractivity contribution in [2.75, 3.05) is 13.1 Å². The molecule has 2 N–H and O–H groups in total. The molecule has 0 saturated carbocycles. The molecule has 9 nitrogen and oxygen atoms in total. The Bertz CT molecular complexity index is 658. The van der Waals surface area contributed by atoms with E-state index in [4.69, 9.17) is 0 Å². The van der Waals surface area contributed by atoms with E-state index in [0.29, 0.717) is 19.5 Å². The molecule has 2 rings (SSSR count). The number of nitrogens with one attached hydrogen (secondary N) is 2. The minimum atomic E-state index is -0.572. The standard InChI is InChI=1S/C15H18N4O5/c1-10(20)18-8-2-3-12(9-18)15(22)17-16-14(21)11-4-6-13(7-5-11)19(23)24/h4-7,12H,2-3,8-9H2,1H3,(H,16,21)(H,17,22)/t12-/m0/s1. The first kappa shape index (κ1) is 17.4. The molecule has 1 aromatic carbocycles. The molecule has 128 valence electrons. The van der Waals surface area contributed by atoms with Crippen molar-refractivity contribution >= 4 is 23.4 Å². The second-order valence-corrected chi connectivity index (χ2v) is 5.55. The molecule has 1 aliphatic heterocycles. The third-order valence-electron chi connectivity index (χ3n) is 3.88. The van der Waals surface area contributed by atoms with E-state index in [0.717, 1.165) is 6.42 Å². The largest absolute Gasteiger partial charge is 0.342 e. The van der Waals surface area contributed by atoms with Crippen LogP contribution in [0.2, 0.25) is 0 Å². The first-order valence-corrected chi connectivity index (χ1v) is 7.48. The number of rotatable bonds is 3. The molecule has 9 heteroatoms. The number of carbonyl (C=O) groups excluding carboxylic acids is 3. The number of benzene rings is 1. The van der Waals surface area contributed by atoms with E-state index >= 15 is 0 Å². The van der Waals surface area contributed by atoms with E-state index in [2.05, 4.69) is 10.9 Å². The van der Waals surface area contributed by atoms with Gasteiger partial charge in [0.1, 0.15) is 0 Å². The third kappa shape index (κ3) is 4.28. The van der Waals surface area contributed by atoms with Gasteiger partial charge in [0.25, 0.3) is 11.6 Å². The average Bonchev–Trinajstić information content (AvgIpc) is 2.59. The highest BCUT2D eigenvalue weighted by atomic mass is 16.6. The Hall–Kier alpha value is -2.97. The highest BCUT2D eigenvalue weighted by Crippen LogP contribution is 2.16. The number of nitro groups is 1. The maximum absolute atomic E-state index is 12.1. The van der Waals surface area contributed by atoms with E-state index < -0.39 is 10.8 Å². The van der Waals surface area contributed by atoms with E-state index in [1.54, 1.807) is 4.90 Å². The lowest BCUT2D eigenvalue weighted by atomic mass is 9.97. The number of non-ortho nitro benzene ring substituents is 1. The van der Waals surface area contributed by atoms with Gasteiger partial charge in [-0.05, 0) is 25.0 Å². The average molecular weight is 334 g/mol. The van der Waals surface area contributed by atoms with Gasteiger partial charge in [-0.25, -0.2) is 0 Å². The molecule has 1 aliphatic rings. The van der Waals surface area contributed by atoms with Crippen molar-refractivity contribution in [3.63, 3.8) is 0 Å². The summed E-state index contributed by atoms with van der Waals surface area (Å²) in [5.74, 6) is -1.39. The molecule has 3 amide bonds. The highest BCUT2D eigenvalue weighted by molar-refractivity contribution is 5.95. The summed E-state index contributed by atoms with van der Waals surface area (Å²) in [4.78, 5) is 47.0. The molecule has 0 aromatic heterocycles. The fourth-order valence-corrected chi connectivity index (χ4v) is 2.50. The van der Waals surface area contributed by atoms with Crippen LogP contribution < -0.4 is 10.9 Å². The van der Waals surface area contributed by atoms with E-state index in [1.807, 2.05) is 0 Å². The van der Waals surface area contributed by atoms with Crippen LogP contribution in [0.1, 0.15) is 30.1 Å². The highest BCUT2D eigenvalue weighted by Gasteiger charge is 2.27. The van der Waals surface area contributed by atoms with Crippen LogP contribution in [0.4, 0.5) is 5.69 Å². The molecule has 1 heterocycles. The summed E-state index contributed by atoms with van der Waals surface area (Å²) in [6.45, 7) is 2.42. The summed E-state index contributed by atoms with van der Waals surface area (Å²) < 4.78 is 0. The first-order valence-electron chi connectivity index (χ1n) is 7.48. The Labute approximate surface area is 138 Å². The zero-order valence-electron chi connectivity index (χ0n) is 13.2. The molecule has 0 aliphatic carbocycles. The maximum atomic E-state index is 12.1. The van der Waals surface area contributed by atoms with Gasteiger partial charge >= 0.3 is 0 Å². The number of hydrogen-bond donors (Lipinski definition) is 2. The van der Waals surface area contributed by atoms with Crippen molar-refractivity contribution in [2.24, 2.45) is 5.92 Å². The Morgan fingerprint density at radius 1 is 1.21 bits per heavy atom. The zero-order chi connectivity index (χ0) is 17.7. The van der Waals surface area contributed by atoms with Gasteiger partial charge in [0.05, 0.1) is 10.8 Å². The van der Waals surface area contributed by atoms with Gasteiger partial charge in [0.15, 0.2) is 0 Å². The lowest BCUT2D eigenvalue weighted by Gasteiger charge is -2.31. The van der Waals surface area contributed by atoms with Crippen molar-refractivity contribution in [2.45, 2.75) is 19.8 Å². The monoisotopic (exact) mass is 334 g/mol. The fourth-order valence-electron chi connectivity index (χ4n) is 2.50. The minimum absolute atomic E-state index is 0.0811. The molecule has 1 saturated heterocycles. The van der Waals surface area contributed by atoms with Gasteiger partial charge in [-0.1, -0.05) is 0 Å². The van der Waals surface area contributed by atoms with Crippen LogP contribution in [0.5, 0.6) is 0 Å². The summed E-state index contributed by atoms with van der Waals surface area (Å²) in [5, 5.41) is 10.6. The quantitative estimate of drug-likeness (QED) is 0.619. The fraction of sp³-hybridized carbons (Fsp3) is 0.400. The van der Waals surface area contributed by atoms with Crippen molar-refractivity contribution in [1.82, 2.24) is 15.8 Å². The van der Waals surface area contributed by atoms with Crippen molar-refractivity contribution in [1.29, 1.82) is 0 Å². The van der Waals surface area contributed by atoms with Crippen LogP contribution in [0.25, 0.3) is 0 Å². The summed E-state index contributed by atoms with van der Waals surface area (Å²) in [6, 6.07) is 5.03. The smallest absolute Gasteiger partial charge is 0.269 e. The van der Waals surface area contributed by atoms with Crippen LogP contribution in [-0.4, -0.2) is 40.6 Å². The molecule has 0 radical (unpaired) electrons. The van der Waals surface area contributed by atoms with E-state index in [-0.39, 0.29) is 29.0 Å². The summed E-state index contributed by atoms with van der Waals surface area (Å²) in [5.41, 5.74) is 4.68. The number of nitro benzene ring substituents is 1. The Morgan fingerprint density at radius 3 is 2.46 bits per heavy atom. The molecular formula is C15H18N4O5. The van der Waals surface area contributed by atoms with Gasteiger partial charge in [0, 0.05) is 37.7 Å². The van der Waals surface area contributed by atoms with Gasteiger partial charge in [-0.2, -0.15) is 0 Å². The zero-order valence-corrected chi connectivity index (χ0v) is 13.2. The van der Waals surface area contributed by atoms with Gasteiger partial charge in [0.2, 0.25) is 11.8 Å². The molecular weight excluding hydrogens is 316 g/mol. The van der Waals surface area contributed by atoms with Crippen molar-refractivity contribution < 1.29 is 19.3 Å². The van der Waals surface area contributed by atoms with Crippen LogP contribution in [0, 0.1) is 16.0 Å². The first-order chi connectivity index (χ1) is 11.4. The topological polar surface area (TPSA) is 122 Å². The molecule has 1 fully saturated rings. The SMILES string of the molecule is CC(=O)N1CCC[C@H](C(=O)NNC(=O)c2ccc([N+](=O)[O-])cc2)C1. The molecule has 1 aromatic rings. The number of amides is 3. The van der Waals surface area contributed by atoms with Crippen molar-refractivity contribution in [3.8, 4) is 0 Å². The Balaban J connectivity index is 1.87. The predicted molar refractivity (Wildman–Crippen MR) is 83.7 cm³/mol. The molecule has 1 atom stereocenters. The number of likely N-dealkylation sites (tertiary alicyclic amines) is 1. The van der Waals surface area contributed by atoms with Crippen LogP contribution in [0.15, 0.2) is 24.3 Å². The Morgan fingerprint density at radius 2 is 1.88 bits per heavy atom. The number of carbonyl (C=O) groups is 3. The van der Waals surface area contributed by atoms with Gasteiger partial charge < -0.3 is 4.90 Å². The van der Waals surface area contributed by atoms with Crippen LogP contribution >= 0.6 is 0 Å². The Kier molecular flexibility index (Phi) is 5.46. The van der Waals surface area contributed by atoms with Crippen molar-refractivity contribution in [3.05, 3.63) is 39.9 Å². The lowest BCUT2D eigenvalue weighted by Crippen LogP contribution is -2.49. The van der Waals surface area contributed by atoms with Gasteiger partial charge in [-0.3, -0.25) is 35.3 Å². The second kappa shape index (κ2) is 7.53. The molecule has 24 heavy (non-hydrogen) atoms. The van der Waals surface area contributed by atoms with E-state index in [1.165, 1.54) is 31.2 Å². The predicted octanol–water partition coefficient (Wildman–Crippen LogP) is 0.614. The minimum Gasteiger partial charge on any atom is -0.342 e. The lowest BCUT2D eigenvalue weighted by molar-refractivity contribution is -0.384. The molecule has 0 spiro atoms. The molecule has 0 unspecified atom stereocenters. The van der Waals surface area contributed by atoms with Crippen LogP contribution in [-0.2, 0) is 9.59 Å². The summed E-state index contributed by atoms with van der Waals surface area (Å²) in [7, 11) is 0. The third-order valence-corrected chi connectivity index (χ3v) is 3.88.